The normalized spacial score (nSPS) is 11.9. The van der Waals surface area contributed by atoms with Crippen molar-refractivity contribution >= 4 is 5.97 Å². The van der Waals surface area contributed by atoms with Gasteiger partial charge >= 0.3 is 5.97 Å². The van der Waals surface area contributed by atoms with Crippen molar-refractivity contribution in [3.63, 3.8) is 0 Å². The molecule has 1 aromatic carbocycles. The number of nitrogens with zero attached hydrogens (tertiary/aromatic N) is 2. The lowest BCUT2D eigenvalue weighted by Crippen LogP contribution is -2.29. The molecule has 0 radical (unpaired) electrons. The molecule has 0 fully saturated rings. The van der Waals surface area contributed by atoms with E-state index in [1.165, 1.54) is 4.90 Å². The summed E-state index contributed by atoms with van der Waals surface area (Å²) in [5.74, 6) is -0.220. The second kappa shape index (κ2) is 6.62. The molecule has 0 bridgehead atoms. The average molecular weight is 248 g/mol. The summed E-state index contributed by atoms with van der Waals surface area (Å²) in [6, 6.07) is 8.63. The molecule has 0 saturated carbocycles. The second-order valence-electron chi connectivity index (χ2n) is 3.84. The van der Waals surface area contributed by atoms with Gasteiger partial charge in [-0.25, -0.2) is 0 Å². The monoisotopic (exact) mass is 248 g/mol. The molecule has 96 valence electrons. The minimum absolute atomic E-state index is 0.175. The fourth-order valence-corrected chi connectivity index (χ4v) is 1.65. The Morgan fingerprint density at radius 2 is 2.11 bits per heavy atom. The summed E-state index contributed by atoms with van der Waals surface area (Å²) in [6.07, 6.45) is 0. The Morgan fingerprint density at radius 1 is 1.50 bits per heavy atom. The number of nitriles is 1. The standard InChI is InChI=1S/C13H16N2O3/c1-3-18-11-6-4-10(5-7-11)12(8-14)15(2)9-13(16)17/h4-7,12H,3,9H2,1-2H3,(H,16,17). The van der Waals surface area contributed by atoms with Gasteiger partial charge in [0.2, 0.25) is 0 Å². The first-order valence-electron chi connectivity index (χ1n) is 5.63. The van der Waals surface area contributed by atoms with Crippen LogP contribution in [0.15, 0.2) is 24.3 Å². The Bertz CT molecular complexity index is 437. The molecule has 0 aliphatic carbocycles. The molecule has 0 spiro atoms. The van der Waals surface area contributed by atoms with Gasteiger partial charge in [0.15, 0.2) is 0 Å². The highest BCUT2D eigenvalue weighted by Crippen LogP contribution is 2.21. The number of aliphatic carboxylic acids is 1. The lowest BCUT2D eigenvalue weighted by Gasteiger charge is -2.20. The van der Waals surface area contributed by atoms with Crippen molar-refractivity contribution in [2.45, 2.75) is 13.0 Å². The first-order valence-corrected chi connectivity index (χ1v) is 5.63. The largest absolute Gasteiger partial charge is 0.494 e. The molecule has 1 N–H and O–H groups in total. The number of likely N-dealkylation sites (N-methyl/N-ethyl adjacent to an activating group) is 1. The highest BCUT2D eigenvalue weighted by Gasteiger charge is 2.18. The van der Waals surface area contributed by atoms with Crippen molar-refractivity contribution in [1.82, 2.24) is 4.90 Å². The van der Waals surface area contributed by atoms with Gasteiger partial charge in [-0.1, -0.05) is 12.1 Å². The smallest absolute Gasteiger partial charge is 0.317 e. The SMILES string of the molecule is CCOc1ccc(C(C#N)N(C)CC(=O)O)cc1. The first kappa shape index (κ1) is 14.0. The van der Waals surface area contributed by atoms with Crippen LogP contribution in [-0.4, -0.2) is 36.2 Å². The molecular weight excluding hydrogens is 232 g/mol. The van der Waals surface area contributed by atoms with E-state index in [1.54, 1.807) is 31.3 Å². The maximum absolute atomic E-state index is 10.6. The van der Waals surface area contributed by atoms with Gasteiger partial charge in [0, 0.05) is 0 Å². The predicted molar refractivity (Wildman–Crippen MR) is 66.2 cm³/mol. The zero-order valence-electron chi connectivity index (χ0n) is 10.5. The third kappa shape index (κ3) is 3.75. The van der Waals surface area contributed by atoms with E-state index in [2.05, 4.69) is 6.07 Å². The average Bonchev–Trinajstić information content (AvgIpc) is 2.31. The van der Waals surface area contributed by atoms with Crippen LogP contribution in [0.5, 0.6) is 5.75 Å². The molecular formula is C13H16N2O3. The zero-order chi connectivity index (χ0) is 13.5. The summed E-state index contributed by atoms with van der Waals surface area (Å²) in [7, 11) is 1.61. The zero-order valence-corrected chi connectivity index (χ0v) is 10.5. The third-order valence-corrected chi connectivity index (χ3v) is 2.45. The van der Waals surface area contributed by atoms with Crippen molar-refractivity contribution in [3.05, 3.63) is 29.8 Å². The molecule has 0 saturated heterocycles. The predicted octanol–water partition coefficient (Wildman–Crippen LogP) is 1.67. The summed E-state index contributed by atoms with van der Waals surface area (Å²) in [5, 5.41) is 17.8. The number of rotatable bonds is 6. The molecule has 1 atom stereocenters. The quantitative estimate of drug-likeness (QED) is 0.828. The highest BCUT2D eigenvalue weighted by molar-refractivity contribution is 5.69. The van der Waals surface area contributed by atoms with Gasteiger partial charge in [0.25, 0.3) is 0 Å². The van der Waals surface area contributed by atoms with E-state index in [1.807, 2.05) is 6.92 Å². The van der Waals surface area contributed by atoms with Crippen LogP contribution >= 0.6 is 0 Å². The highest BCUT2D eigenvalue weighted by atomic mass is 16.5. The number of benzene rings is 1. The van der Waals surface area contributed by atoms with Crippen LogP contribution in [0.1, 0.15) is 18.5 Å². The molecule has 0 aliphatic rings. The maximum atomic E-state index is 10.6. The first-order chi connectivity index (χ1) is 8.58. The van der Waals surface area contributed by atoms with Crippen molar-refractivity contribution in [2.24, 2.45) is 0 Å². The molecule has 1 rings (SSSR count). The van der Waals surface area contributed by atoms with E-state index >= 15 is 0 Å². The molecule has 5 heteroatoms. The van der Waals surface area contributed by atoms with E-state index in [-0.39, 0.29) is 6.54 Å². The Kier molecular flexibility index (Phi) is 5.15. The Hall–Kier alpha value is -2.06. The summed E-state index contributed by atoms with van der Waals surface area (Å²) >= 11 is 0. The summed E-state index contributed by atoms with van der Waals surface area (Å²) in [5.41, 5.74) is 0.754. The van der Waals surface area contributed by atoms with Gasteiger partial charge in [-0.2, -0.15) is 5.26 Å². The number of carboxylic acid groups (broad SMARTS) is 1. The molecule has 18 heavy (non-hydrogen) atoms. The van der Waals surface area contributed by atoms with Gasteiger partial charge in [0.1, 0.15) is 11.8 Å². The van der Waals surface area contributed by atoms with Gasteiger partial charge in [-0.15, -0.1) is 0 Å². The van der Waals surface area contributed by atoms with E-state index < -0.39 is 12.0 Å². The Morgan fingerprint density at radius 3 is 2.56 bits per heavy atom. The van der Waals surface area contributed by atoms with Crippen LogP contribution in [0, 0.1) is 11.3 Å². The minimum Gasteiger partial charge on any atom is -0.494 e. The van der Waals surface area contributed by atoms with Gasteiger partial charge < -0.3 is 9.84 Å². The number of hydrogen-bond donors (Lipinski definition) is 1. The summed E-state index contributed by atoms with van der Waals surface area (Å²) in [6.45, 7) is 2.30. The van der Waals surface area contributed by atoms with Crippen molar-refractivity contribution in [3.8, 4) is 11.8 Å². The molecule has 1 unspecified atom stereocenters. The van der Waals surface area contributed by atoms with Gasteiger partial charge in [-0.05, 0) is 31.7 Å². The second-order valence-corrected chi connectivity index (χ2v) is 3.84. The molecule has 0 amide bonds. The fraction of sp³-hybridized carbons (Fsp3) is 0.385. The van der Waals surface area contributed by atoms with Gasteiger partial charge in [-0.3, -0.25) is 9.69 Å². The van der Waals surface area contributed by atoms with E-state index in [0.29, 0.717) is 6.61 Å². The van der Waals surface area contributed by atoms with Crippen LogP contribution in [0.25, 0.3) is 0 Å². The maximum Gasteiger partial charge on any atom is 0.317 e. The minimum atomic E-state index is -0.955. The van der Waals surface area contributed by atoms with E-state index in [4.69, 9.17) is 15.1 Å². The van der Waals surface area contributed by atoms with Crippen LogP contribution in [0.3, 0.4) is 0 Å². The van der Waals surface area contributed by atoms with Crippen LogP contribution in [0.2, 0.25) is 0 Å². The summed E-state index contributed by atoms with van der Waals surface area (Å²) in [4.78, 5) is 12.1. The van der Waals surface area contributed by atoms with Crippen molar-refractivity contribution < 1.29 is 14.6 Å². The fourth-order valence-electron chi connectivity index (χ4n) is 1.65. The Balaban J connectivity index is 2.82. The van der Waals surface area contributed by atoms with Crippen LogP contribution in [0.4, 0.5) is 0 Å². The lowest BCUT2D eigenvalue weighted by atomic mass is 10.1. The Labute approximate surface area is 106 Å². The molecule has 0 aliphatic heterocycles. The molecule has 5 nitrogen and oxygen atoms in total. The number of ether oxygens (including phenoxy) is 1. The third-order valence-electron chi connectivity index (χ3n) is 2.45. The molecule has 0 aromatic heterocycles. The van der Waals surface area contributed by atoms with E-state index in [9.17, 15) is 4.79 Å². The van der Waals surface area contributed by atoms with Gasteiger partial charge in [0.05, 0.1) is 19.2 Å². The topological polar surface area (TPSA) is 73.6 Å². The molecule has 0 heterocycles. The van der Waals surface area contributed by atoms with Crippen molar-refractivity contribution in [2.75, 3.05) is 20.2 Å². The lowest BCUT2D eigenvalue weighted by molar-refractivity contribution is -0.138. The summed E-state index contributed by atoms with van der Waals surface area (Å²) < 4.78 is 5.31. The van der Waals surface area contributed by atoms with Crippen LogP contribution < -0.4 is 4.74 Å². The number of carbonyl (C=O) groups is 1. The number of carboxylic acids is 1. The van der Waals surface area contributed by atoms with E-state index in [0.717, 1.165) is 11.3 Å². The van der Waals surface area contributed by atoms with Crippen LogP contribution in [-0.2, 0) is 4.79 Å². The van der Waals surface area contributed by atoms with Crippen molar-refractivity contribution in [1.29, 1.82) is 5.26 Å². The number of hydrogen-bond acceptors (Lipinski definition) is 4. The molecule has 1 aromatic rings.